The van der Waals surface area contributed by atoms with Crippen LogP contribution < -0.4 is 10.1 Å². The van der Waals surface area contributed by atoms with Gasteiger partial charge in [-0.2, -0.15) is 0 Å². The Morgan fingerprint density at radius 2 is 1.77 bits per heavy atom. The Bertz CT molecular complexity index is 694. The lowest BCUT2D eigenvalue weighted by Crippen LogP contribution is -2.39. The average molecular weight is 352 g/mol. The molecule has 0 bridgehead atoms. The number of benzene rings is 2. The van der Waals surface area contributed by atoms with E-state index in [-0.39, 0.29) is 5.91 Å². The van der Waals surface area contributed by atoms with Crippen LogP contribution in [0.15, 0.2) is 54.6 Å². The molecule has 0 aliphatic carbocycles. The van der Waals surface area contributed by atoms with Gasteiger partial charge in [0.25, 0.3) is 0 Å². The molecule has 2 aromatic carbocycles. The minimum atomic E-state index is 0.241. The summed E-state index contributed by atoms with van der Waals surface area (Å²) in [6.07, 6.45) is 3.83. The van der Waals surface area contributed by atoms with Crippen LogP contribution in [0.25, 0.3) is 0 Å². The summed E-state index contributed by atoms with van der Waals surface area (Å²) in [6, 6.07) is 18.4. The monoisotopic (exact) mass is 352 g/mol. The van der Waals surface area contributed by atoms with Crippen LogP contribution in [-0.4, -0.2) is 37.6 Å². The molecular formula is C22H28N2O2. The molecule has 0 aromatic heterocycles. The highest BCUT2D eigenvalue weighted by atomic mass is 16.5. The molecule has 138 valence electrons. The van der Waals surface area contributed by atoms with Crippen LogP contribution in [0.2, 0.25) is 0 Å². The molecular weight excluding hydrogens is 324 g/mol. The summed E-state index contributed by atoms with van der Waals surface area (Å²) in [7, 11) is 1.66. The lowest BCUT2D eigenvalue weighted by molar-refractivity contribution is -0.132. The number of likely N-dealkylation sites (tertiary alicyclic amines) is 1. The number of methoxy groups -OCH3 is 1. The molecule has 1 amide bonds. The fourth-order valence-corrected chi connectivity index (χ4v) is 3.59. The highest BCUT2D eigenvalue weighted by Gasteiger charge is 2.22. The number of amides is 1. The fourth-order valence-electron chi connectivity index (χ4n) is 3.59. The van der Waals surface area contributed by atoms with Gasteiger partial charge in [0.2, 0.25) is 5.91 Å². The zero-order valence-electron chi connectivity index (χ0n) is 15.5. The third-order valence-corrected chi connectivity index (χ3v) is 5.10. The van der Waals surface area contributed by atoms with Gasteiger partial charge in [-0.25, -0.2) is 0 Å². The molecule has 1 aliphatic heterocycles. The maximum absolute atomic E-state index is 12.5. The van der Waals surface area contributed by atoms with Gasteiger partial charge in [-0.1, -0.05) is 42.5 Å². The number of carbonyl (C=O) groups is 1. The third kappa shape index (κ3) is 5.01. The zero-order valence-corrected chi connectivity index (χ0v) is 15.5. The number of piperidine rings is 1. The standard InChI is InChI=1S/C22H28N2O2/c1-26-21-10-6-5-9-20(21)23-14-11-22(25)24-15-12-19(13-16-24)17-18-7-3-2-4-8-18/h2-10,19,23H,11-17H2,1H3. The summed E-state index contributed by atoms with van der Waals surface area (Å²) in [5.74, 6) is 1.74. The van der Waals surface area contributed by atoms with Crippen molar-refractivity contribution in [3.63, 3.8) is 0 Å². The van der Waals surface area contributed by atoms with Gasteiger partial charge in [-0.3, -0.25) is 4.79 Å². The second-order valence-corrected chi connectivity index (χ2v) is 6.89. The van der Waals surface area contributed by atoms with Gasteiger partial charge in [0.05, 0.1) is 12.8 Å². The lowest BCUT2D eigenvalue weighted by Gasteiger charge is -2.32. The number of nitrogens with one attached hydrogen (secondary N) is 1. The number of anilines is 1. The van der Waals surface area contributed by atoms with Gasteiger partial charge in [-0.05, 0) is 42.9 Å². The van der Waals surface area contributed by atoms with Crippen molar-refractivity contribution in [2.24, 2.45) is 5.92 Å². The Kier molecular flexibility index (Phi) is 6.53. The van der Waals surface area contributed by atoms with Crippen LogP contribution in [-0.2, 0) is 11.2 Å². The first-order valence-electron chi connectivity index (χ1n) is 9.45. The Morgan fingerprint density at radius 1 is 1.08 bits per heavy atom. The summed E-state index contributed by atoms with van der Waals surface area (Å²) >= 11 is 0. The molecule has 1 fully saturated rings. The maximum Gasteiger partial charge on any atom is 0.224 e. The van der Waals surface area contributed by atoms with Gasteiger partial charge in [-0.15, -0.1) is 0 Å². The van der Waals surface area contributed by atoms with Crippen molar-refractivity contribution in [2.45, 2.75) is 25.7 Å². The number of nitrogens with zero attached hydrogens (tertiary/aromatic N) is 1. The molecule has 1 heterocycles. The van der Waals surface area contributed by atoms with E-state index in [1.165, 1.54) is 5.56 Å². The molecule has 1 saturated heterocycles. The van der Waals surface area contributed by atoms with Crippen LogP contribution >= 0.6 is 0 Å². The van der Waals surface area contributed by atoms with Gasteiger partial charge in [0.15, 0.2) is 0 Å². The lowest BCUT2D eigenvalue weighted by atomic mass is 9.90. The topological polar surface area (TPSA) is 41.6 Å². The smallest absolute Gasteiger partial charge is 0.224 e. The van der Waals surface area contributed by atoms with E-state index in [0.29, 0.717) is 18.9 Å². The first kappa shape index (κ1) is 18.3. The van der Waals surface area contributed by atoms with E-state index in [1.54, 1.807) is 7.11 Å². The Morgan fingerprint density at radius 3 is 2.50 bits per heavy atom. The number of hydrogen-bond acceptors (Lipinski definition) is 3. The molecule has 4 heteroatoms. The van der Waals surface area contributed by atoms with Gasteiger partial charge in [0, 0.05) is 26.1 Å². The van der Waals surface area contributed by atoms with E-state index >= 15 is 0 Å². The second-order valence-electron chi connectivity index (χ2n) is 6.89. The summed E-state index contributed by atoms with van der Waals surface area (Å²) in [5.41, 5.74) is 2.34. The van der Waals surface area contributed by atoms with Crippen LogP contribution in [0.4, 0.5) is 5.69 Å². The van der Waals surface area contributed by atoms with Gasteiger partial charge >= 0.3 is 0 Å². The second kappa shape index (κ2) is 9.27. The van der Waals surface area contributed by atoms with E-state index in [1.807, 2.05) is 29.2 Å². The first-order valence-corrected chi connectivity index (χ1v) is 9.45. The molecule has 0 spiro atoms. The largest absolute Gasteiger partial charge is 0.495 e. The van der Waals surface area contributed by atoms with E-state index in [0.717, 1.165) is 43.8 Å². The molecule has 3 rings (SSSR count). The Hall–Kier alpha value is -2.49. The predicted molar refractivity (Wildman–Crippen MR) is 106 cm³/mol. The van der Waals surface area contributed by atoms with Crippen molar-refractivity contribution in [3.8, 4) is 5.75 Å². The molecule has 2 aromatic rings. The van der Waals surface area contributed by atoms with Crippen molar-refractivity contribution in [1.29, 1.82) is 0 Å². The highest BCUT2D eigenvalue weighted by Crippen LogP contribution is 2.24. The number of para-hydroxylation sites is 2. The fraction of sp³-hybridized carbons (Fsp3) is 0.409. The quantitative estimate of drug-likeness (QED) is 0.819. The van der Waals surface area contributed by atoms with Crippen LogP contribution in [0.1, 0.15) is 24.8 Å². The molecule has 1 N–H and O–H groups in total. The SMILES string of the molecule is COc1ccccc1NCCC(=O)N1CCC(Cc2ccccc2)CC1. The molecule has 0 saturated carbocycles. The van der Waals surface area contributed by atoms with Gasteiger partial charge < -0.3 is 15.0 Å². The molecule has 26 heavy (non-hydrogen) atoms. The normalized spacial score (nSPS) is 14.9. The molecule has 0 unspecified atom stereocenters. The molecule has 0 atom stereocenters. The van der Waals surface area contributed by atoms with Crippen molar-refractivity contribution < 1.29 is 9.53 Å². The summed E-state index contributed by atoms with van der Waals surface area (Å²) in [6.45, 7) is 2.39. The van der Waals surface area contributed by atoms with Crippen LogP contribution in [0.5, 0.6) is 5.75 Å². The van der Waals surface area contributed by atoms with Gasteiger partial charge in [0.1, 0.15) is 5.75 Å². The number of hydrogen-bond donors (Lipinski definition) is 1. The first-order chi connectivity index (χ1) is 12.8. The van der Waals surface area contributed by atoms with Crippen LogP contribution in [0, 0.1) is 5.92 Å². The molecule has 4 nitrogen and oxygen atoms in total. The molecule has 0 radical (unpaired) electrons. The van der Waals surface area contributed by atoms with Crippen molar-refractivity contribution in [1.82, 2.24) is 4.90 Å². The van der Waals surface area contributed by atoms with Crippen molar-refractivity contribution in [2.75, 3.05) is 32.1 Å². The van der Waals surface area contributed by atoms with E-state index in [2.05, 4.69) is 35.6 Å². The molecule has 1 aliphatic rings. The summed E-state index contributed by atoms with van der Waals surface area (Å²) in [4.78, 5) is 14.5. The minimum Gasteiger partial charge on any atom is -0.495 e. The third-order valence-electron chi connectivity index (χ3n) is 5.10. The zero-order chi connectivity index (χ0) is 18.2. The van der Waals surface area contributed by atoms with Crippen LogP contribution in [0.3, 0.4) is 0 Å². The van der Waals surface area contributed by atoms with E-state index < -0.39 is 0 Å². The van der Waals surface area contributed by atoms with Crippen molar-refractivity contribution >= 4 is 11.6 Å². The number of ether oxygens (including phenoxy) is 1. The maximum atomic E-state index is 12.5. The summed E-state index contributed by atoms with van der Waals surface area (Å²) in [5, 5.41) is 3.30. The number of carbonyl (C=O) groups excluding carboxylic acids is 1. The van der Waals surface area contributed by atoms with Crippen molar-refractivity contribution in [3.05, 3.63) is 60.2 Å². The minimum absolute atomic E-state index is 0.241. The Labute approximate surface area is 156 Å². The predicted octanol–water partition coefficient (Wildman–Crippen LogP) is 3.98. The van der Waals surface area contributed by atoms with E-state index in [9.17, 15) is 4.79 Å². The average Bonchev–Trinajstić information content (AvgIpc) is 2.69. The summed E-state index contributed by atoms with van der Waals surface area (Å²) < 4.78 is 5.32. The Balaban J connectivity index is 1.39. The highest BCUT2D eigenvalue weighted by molar-refractivity contribution is 5.77. The van der Waals surface area contributed by atoms with E-state index in [4.69, 9.17) is 4.74 Å². The number of rotatable bonds is 7.